The molecule has 0 fully saturated rings. The van der Waals surface area contributed by atoms with Crippen molar-refractivity contribution in [2.75, 3.05) is 10.6 Å². The van der Waals surface area contributed by atoms with Crippen LogP contribution < -0.4 is 10.6 Å². The first kappa shape index (κ1) is 15.6. The Morgan fingerprint density at radius 2 is 2.13 bits per heavy atom. The molecule has 5 nitrogen and oxygen atoms in total. The number of esters is 1. The first-order valence-electron chi connectivity index (χ1n) is 7.08. The van der Waals surface area contributed by atoms with Crippen molar-refractivity contribution in [3.8, 4) is 0 Å². The number of halogens is 1. The van der Waals surface area contributed by atoms with E-state index in [1.807, 2.05) is 24.3 Å². The molecule has 0 unspecified atom stereocenters. The number of rotatable bonds is 3. The molecule has 23 heavy (non-hydrogen) atoms. The Labute approximate surface area is 142 Å². The Morgan fingerprint density at radius 3 is 2.87 bits per heavy atom. The van der Waals surface area contributed by atoms with Gasteiger partial charge >= 0.3 is 5.97 Å². The lowest BCUT2D eigenvalue weighted by Gasteiger charge is -2.20. The molecule has 0 saturated carbocycles. The zero-order chi connectivity index (χ0) is 16.6. The van der Waals surface area contributed by atoms with Crippen LogP contribution in [0.2, 0.25) is 0 Å². The molecule has 0 radical (unpaired) electrons. The van der Waals surface area contributed by atoms with Gasteiger partial charge in [-0.1, -0.05) is 22.0 Å². The van der Waals surface area contributed by atoms with Crippen molar-refractivity contribution in [3.05, 3.63) is 57.6 Å². The fraction of sp³-hybridized carbons (Fsp3) is 0.176. The second kappa shape index (κ2) is 6.04. The number of amides is 1. The van der Waals surface area contributed by atoms with Crippen molar-refractivity contribution in [2.24, 2.45) is 0 Å². The number of carbonyl (C=O) groups excluding carboxylic acids is 2. The number of benzene rings is 2. The number of nitrogens with zero attached hydrogens (tertiary/aromatic N) is 1. The minimum absolute atomic E-state index is 0.0813. The zero-order valence-electron chi connectivity index (χ0n) is 12.5. The van der Waals surface area contributed by atoms with Gasteiger partial charge < -0.3 is 15.4 Å². The maximum absolute atomic E-state index is 12.7. The molecular weight excluding hydrogens is 360 g/mol. The van der Waals surface area contributed by atoms with Gasteiger partial charge in [0.2, 0.25) is 0 Å². The fourth-order valence-corrected chi connectivity index (χ4v) is 3.12. The molecule has 2 aromatic carbocycles. The minimum Gasteiger partial charge on any atom is -0.461 e. The van der Waals surface area contributed by atoms with Crippen LogP contribution in [0.4, 0.5) is 11.4 Å². The maximum atomic E-state index is 12.7. The van der Waals surface area contributed by atoms with Gasteiger partial charge in [-0.25, -0.2) is 0 Å². The number of nitrogen functional groups attached to an aromatic ring is 1. The molecule has 0 atom stereocenters. The van der Waals surface area contributed by atoms with Crippen molar-refractivity contribution < 1.29 is 14.3 Å². The molecule has 6 heteroatoms. The number of carbonyl (C=O) groups is 2. The third-order valence-electron chi connectivity index (χ3n) is 3.74. The molecule has 1 heterocycles. The topological polar surface area (TPSA) is 72.6 Å². The third-order valence-corrected chi connectivity index (χ3v) is 4.48. The Bertz CT molecular complexity index is 804. The van der Waals surface area contributed by atoms with Gasteiger partial charge in [0.1, 0.15) is 6.61 Å². The summed E-state index contributed by atoms with van der Waals surface area (Å²) >= 11 is 3.46. The van der Waals surface area contributed by atoms with E-state index in [0.29, 0.717) is 17.8 Å². The van der Waals surface area contributed by atoms with Crippen molar-refractivity contribution in [1.29, 1.82) is 0 Å². The van der Waals surface area contributed by atoms with Crippen LogP contribution in [0.25, 0.3) is 0 Å². The molecule has 0 spiro atoms. The van der Waals surface area contributed by atoms with Crippen LogP contribution in [0, 0.1) is 0 Å². The molecule has 0 saturated heterocycles. The minimum atomic E-state index is -0.365. The largest absolute Gasteiger partial charge is 0.461 e. The summed E-state index contributed by atoms with van der Waals surface area (Å²) in [6.07, 6.45) is 0. The average molecular weight is 375 g/mol. The van der Waals surface area contributed by atoms with Gasteiger partial charge in [0.15, 0.2) is 0 Å². The first-order valence-corrected chi connectivity index (χ1v) is 7.87. The number of hydrogen-bond donors (Lipinski definition) is 1. The quantitative estimate of drug-likeness (QED) is 0.660. The van der Waals surface area contributed by atoms with Gasteiger partial charge in [-0.2, -0.15) is 0 Å². The summed E-state index contributed by atoms with van der Waals surface area (Å²) in [5, 5.41) is 0. The Hall–Kier alpha value is -2.34. The van der Waals surface area contributed by atoms with Crippen LogP contribution in [0.3, 0.4) is 0 Å². The van der Waals surface area contributed by atoms with Crippen LogP contribution >= 0.6 is 15.9 Å². The summed E-state index contributed by atoms with van der Waals surface area (Å²) in [6, 6.07) is 10.8. The second-order valence-corrected chi connectivity index (χ2v) is 6.18. The highest BCUT2D eigenvalue weighted by Crippen LogP contribution is 2.35. The van der Waals surface area contributed by atoms with Gasteiger partial charge in [0, 0.05) is 28.2 Å². The van der Waals surface area contributed by atoms with Gasteiger partial charge in [-0.15, -0.1) is 0 Å². The van der Waals surface area contributed by atoms with E-state index in [9.17, 15) is 9.59 Å². The lowest BCUT2D eigenvalue weighted by molar-refractivity contribution is -0.142. The Kier molecular flexibility index (Phi) is 4.09. The number of anilines is 2. The smallest absolute Gasteiger partial charge is 0.302 e. The van der Waals surface area contributed by atoms with E-state index in [-0.39, 0.29) is 18.5 Å². The van der Waals surface area contributed by atoms with Crippen LogP contribution in [0.5, 0.6) is 0 Å². The summed E-state index contributed by atoms with van der Waals surface area (Å²) < 4.78 is 5.90. The Morgan fingerprint density at radius 1 is 1.35 bits per heavy atom. The second-order valence-electron chi connectivity index (χ2n) is 5.33. The van der Waals surface area contributed by atoms with E-state index in [2.05, 4.69) is 15.9 Å². The first-order chi connectivity index (χ1) is 11.0. The van der Waals surface area contributed by atoms with E-state index in [1.54, 1.807) is 17.0 Å². The van der Waals surface area contributed by atoms with Gasteiger partial charge in [0.25, 0.3) is 5.91 Å². The van der Waals surface area contributed by atoms with E-state index < -0.39 is 0 Å². The molecule has 0 aliphatic carbocycles. The van der Waals surface area contributed by atoms with Crippen molar-refractivity contribution in [3.63, 3.8) is 0 Å². The molecule has 1 amide bonds. The zero-order valence-corrected chi connectivity index (χ0v) is 14.1. The molecule has 1 aliphatic rings. The molecule has 0 aromatic heterocycles. The highest BCUT2D eigenvalue weighted by molar-refractivity contribution is 9.10. The molecule has 118 valence electrons. The average Bonchev–Trinajstić information content (AvgIpc) is 2.82. The highest BCUT2D eigenvalue weighted by Gasteiger charge is 2.30. The van der Waals surface area contributed by atoms with Gasteiger partial charge in [-0.3, -0.25) is 9.59 Å². The van der Waals surface area contributed by atoms with Crippen LogP contribution in [-0.4, -0.2) is 11.9 Å². The molecule has 2 aromatic rings. The van der Waals surface area contributed by atoms with E-state index in [4.69, 9.17) is 10.5 Å². The lowest BCUT2D eigenvalue weighted by Crippen LogP contribution is -2.24. The van der Waals surface area contributed by atoms with Crippen molar-refractivity contribution in [1.82, 2.24) is 0 Å². The van der Waals surface area contributed by atoms with Gasteiger partial charge in [-0.05, 0) is 35.9 Å². The summed E-state index contributed by atoms with van der Waals surface area (Å²) in [5.74, 6) is -0.447. The van der Waals surface area contributed by atoms with E-state index in [0.717, 1.165) is 21.3 Å². The normalized spacial score (nSPS) is 13.1. The molecule has 2 N–H and O–H groups in total. The number of ether oxygens (including phenoxy) is 1. The van der Waals surface area contributed by atoms with Crippen LogP contribution in [0.1, 0.15) is 28.4 Å². The molecule has 0 bridgehead atoms. The highest BCUT2D eigenvalue weighted by atomic mass is 79.9. The summed E-state index contributed by atoms with van der Waals surface area (Å²) in [7, 11) is 0. The predicted molar refractivity (Wildman–Crippen MR) is 91.0 cm³/mol. The maximum Gasteiger partial charge on any atom is 0.302 e. The predicted octanol–water partition coefficient (Wildman–Crippen LogP) is 3.25. The van der Waals surface area contributed by atoms with E-state index >= 15 is 0 Å². The molecule has 1 aliphatic heterocycles. The van der Waals surface area contributed by atoms with Crippen LogP contribution in [0.15, 0.2) is 40.9 Å². The van der Waals surface area contributed by atoms with Crippen molar-refractivity contribution >= 4 is 39.2 Å². The number of nitrogens with two attached hydrogens (primary N) is 1. The van der Waals surface area contributed by atoms with Crippen LogP contribution in [-0.2, 0) is 22.7 Å². The third kappa shape index (κ3) is 2.94. The monoisotopic (exact) mass is 374 g/mol. The van der Waals surface area contributed by atoms with Crippen molar-refractivity contribution in [2.45, 2.75) is 20.1 Å². The number of hydrogen-bond acceptors (Lipinski definition) is 4. The molecule has 3 rings (SSSR count). The SMILES string of the molecule is CC(=O)OCc1c(Br)cccc1N1Cc2cc(N)ccc2C1=O. The van der Waals surface area contributed by atoms with Gasteiger partial charge in [0.05, 0.1) is 12.2 Å². The summed E-state index contributed by atoms with van der Waals surface area (Å²) in [4.78, 5) is 25.5. The summed E-state index contributed by atoms with van der Waals surface area (Å²) in [5.41, 5.74) is 9.46. The lowest BCUT2D eigenvalue weighted by atomic mass is 10.1. The molecular formula is C17H15BrN2O3. The standard InChI is InChI=1S/C17H15BrN2O3/c1-10(21)23-9-14-15(18)3-2-4-16(14)20-8-11-7-12(19)5-6-13(11)17(20)22/h2-7H,8-9,19H2,1H3. The summed E-state index contributed by atoms with van der Waals surface area (Å²) in [6.45, 7) is 1.91. The van der Waals surface area contributed by atoms with E-state index in [1.165, 1.54) is 6.92 Å². The Balaban J connectivity index is 1.98. The number of fused-ring (bicyclic) bond motifs is 1. The fourth-order valence-electron chi connectivity index (χ4n) is 2.65.